The van der Waals surface area contributed by atoms with Crippen LogP contribution >= 0.6 is 23.4 Å². The molecular weight excluding hydrogens is 382 g/mol. The van der Waals surface area contributed by atoms with Crippen molar-refractivity contribution in [3.05, 3.63) is 47.2 Å². The van der Waals surface area contributed by atoms with E-state index in [0.717, 1.165) is 41.0 Å². The zero-order valence-corrected chi connectivity index (χ0v) is 16.2. The molecule has 7 heteroatoms. The highest BCUT2D eigenvalue weighted by Gasteiger charge is 2.54. The minimum atomic E-state index is -0.448. The number of aliphatic hydroxyl groups is 1. The van der Waals surface area contributed by atoms with Crippen LogP contribution in [0.5, 0.6) is 5.75 Å². The van der Waals surface area contributed by atoms with Crippen LogP contribution in [0.25, 0.3) is 11.1 Å². The minimum absolute atomic E-state index is 0.0647. The number of halogens is 1. The van der Waals surface area contributed by atoms with E-state index >= 15 is 0 Å². The van der Waals surface area contributed by atoms with Gasteiger partial charge in [-0.15, -0.1) is 0 Å². The largest absolute Gasteiger partial charge is 0.490 e. The summed E-state index contributed by atoms with van der Waals surface area (Å²) in [4.78, 5) is 9.12. The number of hydrogen-bond acceptors (Lipinski definition) is 6. The van der Waals surface area contributed by atoms with Crippen molar-refractivity contribution in [2.45, 2.75) is 37.0 Å². The predicted molar refractivity (Wildman–Crippen MR) is 108 cm³/mol. The van der Waals surface area contributed by atoms with Gasteiger partial charge in [-0.2, -0.15) is 0 Å². The van der Waals surface area contributed by atoms with E-state index in [1.54, 1.807) is 24.2 Å². The number of rotatable bonds is 1. The van der Waals surface area contributed by atoms with Crippen LogP contribution in [0.4, 0.5) is 0 Å². The number of aromatic nitrogens is 1. The van der Waals surface area contributed by atoms with Crippen LogP contribution in [-0.2, 0) is 5.54 Å². The molecule has 0 bridgehead atoms. The molecule has 27 heavy (non-hydrogen) atoms. The molecular formula is C20H20ClN3O2S. The van der Waals surface area contributed by atoms with Crippen LogP contribution in [-0.4, -0.2) is 33.2 Å². The third-order valence-electron chi connectivity index (χ3n) is 5.88. The van der Waals surface area contributed by atoms with E-state index in [2.05, 4.69) is 11.1 Å². The molecule has 0 saturated heterocycles. The fraction of sp³-hybridized carbons (Fsp3) is 0.400. The first-order chi connectivity index (χ1) is 13.0. The zero-order valence-electron chi connectivity index (χ0n) is 14.6. The number of hydrogen-bond donors (Lipinski definition) is 2. The number of ether oxygens (including phenoxy) is 1. The smallest absolute Gasteiger partial charge is 0.154 e. The second kappa shape index (κ2) is 6.40. The molecule has 1 fully saturated rings. The molecule has 0 radical (unpaired) electrons. The highest BCUT2D eigenvalue weighted by molar-refractivity contribution is 8.14. The Balaban J connectivity index is 1.66. The molecule has 1 saturated carbocycles. The Kier molecular flexibility index (Phi) is 4.11. The molecule has 2 aromatic rings. The molecule has 1 spiro atoms. The van der Waals surface area contributed by atoms with E-state index in [1.807, 2.05) is 18.2 Å². The van der Waals surface area contributed by atoms with Gasteiger partial charge in [0.15, 0.2) is 5.17 Å². The summed E-state index contributed by atoms with van der Waals surface area (Å²) in [6, 6.07) is 8.08. The maximum absolute atomic E-state index is 10.3. The van der Waals surface area contributed by atoms with E-state index in [0.29, 0.717) is 16.6 Å². The van der Waals surface area contributed by atoms with Crippen LogP contribution in [0.2, 0.25) is 5.02 Å². The summed E-state index contributed by atoms with van der Waals surface area (Å²) in [7, 11) is 0. The van der Waals surface area contributed by atoms with Gasteiger partial charge in [-0.1, -0.05) is 29.4 Å². The van der Waals surface area contributed by atoms with Crippen molar-refractivity contribution < 1.29 is 9.84 Å². The highest BCUT2D eigenvalue weighted by atomic mass is 35.5. The third-order valence-corrected chi connectivity index (χ3v) is 7.06. The van der Waals surface area contributed by atoms with Gasteiger partial charge >= 0.3 is 0 Å². The SMILES string of the molecule is NC1=NC2(CS1)c1cc(-c3cncc(Cl)c3)ccc1O[C@H]1CCC(O)C[C@@H]12. The van der Waals surface area contributed by atoms with Crippen LogP contribution in [0.1, 0.15) is 24.8 Å². The summed E-state index contributed by atoms with van der Waals surface area (Å²) in [5.41, 5.74) is 8.68. The summed E-state index contributed by atoms with van der Waals surface area (Å²) >= 11 is 7.71. The molecule has 1 aromatic heterocycles. The molecule has 2 aliphatic heterocycles. The molecule has 3 aliphatic rings. The zero-order chi connectivity index (χ0) is 18.6. The summed E-state index contributed by atoms with van der Waals surface area (Å²) in [5.74, 6) is 1.76. The van der Waals surface area contributed by atoms with Gasteiger partial charge in [0.05, 0.1) is 11.1 Å². The van der Waals surface area contributed by atoms with Crippen molar-refractivity contribution in [3.8, 4) is 16.9 Å². The second-order valence-electron chi connectivity index (χ2n) is 7.50. The van der Waals surface area contributed by atoms with Gasteiger partial charge in [-0.3, -0.25) is 4.98 Å². The number of amidine groups is 1. The van der Waals surface area contributed by atoms with E-state index in [9.17, 15) is 5.11 Å². The van der Waals surface area contributed by atoms with Gasteiger partial charge < -0.3 is 15.6 Å². The lowest BCUT2D eigenvalue weighted by Crippen LogP contribution is -2.51. The van der Waals surface area contributed by atoms with Crippen LogP contribution in [0.3, 0.4) is 0 Å². The van der Waals surface area contributed by atoms with Gasteiger partial charge in [0.25, 0.3) is 0 Å². The normalized spacial score (nSPS) is 31.8. The molecule has 5 nitrogen and oxygen atoms in total. The Hall–Kier alpha value is -1.76. The van der Waals surface area contributed by atoms with Gasteiger partial charge in [-0.05, 0) is 43.0 Å². The molecule has 2 unspecified atom stereocenters. The van der Waals surface area contributed by atoms with Crippen molar-refractivity contribution in [1.29, 1.82) is 0 Å². The Morgan fingerprint density at radius 2 is 2.11 bits per heavy atom. The lowest BCUT2D eigenvalue weighted by atomic mass is 9.68. The maximum Gasteiger partial charge on any atom is 0.154 e. The molecule has 1 aliphatic carbocycles. The average Bonchev–Trinajstić information content (AvgIpc) is 3.05. The number of pyridine rings is 1. The van der Waals surface area contributed by atoms with Crippen molar-refractivity contribution in [2.75, 3.05) is 5.75 Å². The first-order valence-corrected chi connectivity index (χ1v) is 10.5. The number of aliphatic imine (C=N–C) groups is 1. The Labute approximate surface area is 167 Å². The van der Waals surface area contributed by atoms with Crippen LogP contribution < -0.4 is 10.5 Å². The van der Waals surface area contributed by atoms with Crippen LogP contribution in [0.15, 0.2) is 41.7 Å². The van der Waals surface area contributed by atoms with Crippen molar-refractivity contribution in [1.82, 2.24) is 4.98 Å². The standard InChI is InChI=1S/C20H20ClN3O2S/c21-13-5-12(8-23-9-13)11-1-3-17-15(6-11)20(10-27-19(22)24-20)16-7-14(25)2-4-18(16)26-17/h1,3,5-6,8-9,14,16,18,25H,2,4,7,10H2,(H2,22,24)/t14?,16-,18-,20?/m0/s1. The average molecular weight is 402 g/mol. The number of nitrogens with two attached hydrogens (primary N) is 1. The lowest BCUT2D eigenvalue weighted by molar-refractivity contribution is -0.0236. The quantitative estimate of drug-likeness (QED) is 0.763. The minimum Gasteiger partial charge on any atom is -0.490 e. The van der Waals surface area contributed by atoms with E-state index < -0.39 is 5.54 Å². The monoisotopic (exact) mass is 401 g/mol. The third kappa shape index (κ3) is 2.82. The molecule has 3 N–H and O–H groups in total. The summed E-state index contributed by atoms with van der Waals surface area (Å²) in [5, 5.41) is 11.5. The van der Waals surface area contributed by atoms with Gasteiger partial charge in [0, 0.05) is 35.2 Å². The fourth-order valence-electron chi connectivity index (χ4n) is 4.62. The number of aliphatic hydroxyl groups excluding tert-OH is 1. The molecule has 5 rings (SSSR count). The number of nitrogens with zero attached hydrogens (tertiary/aromatic N) is 2. The summed E-state index contributed by atoms with van der Waals surface area (Å²) < 4.78 is 6.35. The number of fused-ring (bicyclic) bond motifs is 4. The van der Waals surface area contributed by atoms with Gasteiger partial charge in [0.2, 0.25) is 0 Å². The van der Waals surface area contributed by atoms with Crippen molar-refractivity contribution in [2.24, 2.45) is 16.6 Å². The Morgan fingerprint density at radius 1 is 1.22 bits per heavy atom. The lowest BCUT2D eigenvalue weighted by Gasteiger charge is -2.48. The fourth-order valence-corrected chi connectivity index (χ4v) is 5.82. The predicted octanol–water partition coefficient (Wildman–Crippen LogP) is 3.58. The first-order valence-electron chi connectivity index (χ1n) is 9.13. The highest BCUT2D eigenvalue weighted by Crippen LogP contribution is 2.54. The molecule has 4 atom stereocenters. The van der Waals surface area contributed by atoms with E-state index in [-0.39, 0.29) is 18.1 Å². The van der Waals surface area contributed by atoms with E-state index in [1.165, 1.54) is 0 Å². The maximum atomic E-state index is 10.3. The van der Waals surface area contributed by atoms with Crippen molar-refractivity contribution >= 4 is 28.5 Å². The van der Waals surface area contributed by atoms with Gasteiger partial charge in [-0.25, -0.2) is 4.99 Å². The van der Waals surface area contributed by atoms with E-state index in [4.69, 9.17) is 27.1 Å². The topological polar surface area (TPSA) is 80.7 Å². The molecule has 1 aromatic carbocycles. The molecule has 140 valence electrons. The first kappa shape index (κ1) is 17.3. The second-order valence-corrected chi connectivity index (χ2v) is 8.93. The van der Waals surface area contributed by atoms with Gasteiger partial charge in [0.1, 0.15) is 17.4 Å². The number of benzene rings is 1. The summed E-state index contributed by atoms with van der Waals surface area (Å²) in [6.07, 6.45) is 5.48. The summed E-state index contributed by atoms with van der Waals surface area (Å²) in [6.45, 7) is 0. The van der Waals surface area contributed by atoms with Crippen molar-refractivity contribution in [3.63, 3.8) is 0 Å². The molecule has 3 heterocycles. The Bertz CT molecular complexity index is 937. The van der Waals surface area contributed by atoms with Crippen LogP contribution in [0, 0.1) is 5.92 Å². The number of thioether (sulfide) groups is 1. The Morgan fingerprint density at radius 3 is 2.89 bits per heavy atom. The molecule has 0 amide bonds.